The SMILES string of the molecule is COC(=O)C(C)(C)[C@H](N)c1c(C)cccc1Cl.Cl. The second-order valence-electron chi connectivity index (χ2n) is 4.66. The Hall–Kier alpha value is -0.770. The Balaban J connectivity index is 0.00000289. The smallest absolute Gasteiger partial charge is 0.313 e. The molecule has 2 N–H and O–H groups in total. The van der Waals surface area contributed by atoms with Crippen molar-refractivity contribution in [1.82, 2.24) is 0 Å². The lowest BCUT2D eigenvalue weighted by Crippen LogP contribution is -2.37. The van der Waals surface area contributed by atoms with Gasteiger partial charge in [-0.3, -0.25) is 4.79 Å². The van der Waals surface area contributed by atoms with Crippen LogP contribution in [0, 0.1) is 12.3 Å². The molecule has 0 amide bonds. The zero-order chi connectivity index (χ0) is 13.2. The average Bonchev–Trinajstić information content (AvgIpc) is 2.27. The number of hydrogen-bond acceptors (Lipinski definition) is 3. The van der Waals surface area contributed by atoms with E-state index < -0.39 is 11.5 Å². The van der Waals surface area contributed by atoms with Gasteiger partial charge in [0.15, 0.2) is 0 Å². The minimum Gasteiger partial charge on any atom is -0.469 e. The van der Waals surface area contributed by atoms with Gasteiger partial charge < -0.3 is 10.5 Å². The lowest BCUT2D eigenvalue weighted by molar-refractivity contribution is -0.152. The molecule has 0 fully saturated rings. The molecule has 3 nitrogen and oxygen atoms in total. The molecular weight excluding hydrogens is 273 g/mol. The molecule has 0 aromatic heterocycles. The summed E-state index contributed by atoms with van der Waals surface area (Å²) in [5, 5.41) is 0.578. The summed E-state index contributed by atoms with van der Waals surface area (Å²) in [5.74, 6) is -0.343. The first-order chi connectivity index (χ1) is 7.82. The van der Waals surface area contributed by atoms with Crippen LogP contribution in [0.2, 0.25) is 5.02 Å². The number of esters is 1. The highest BCUT2D eigenvalue weighted by molar-refractivity contribution is 6.31. The Morgan fingerprint density at radius 3 is 2.44 bits per heavy atom. The minimum absolute atomic E-state index is 0. The molecule has 0 aliphatic carbocycles. The van der Waals surface area contributed by atoms with Crippen LogP contribution in [-0.2, 0) is 9.53 Å². The quantitative estimate of drug-likeness (QED) is 0.870. The fraction of sp³-hybridized carbons (Fsp3) is 0.462. The van der Waals surface area contributed by atoms with E-state index in [1.807, 2.05) is 19.1 Å². The molecule has 5 heteroatoms. The van der Waals surface area contributed by atoms with E-state index in [9.17, 15) is 4.79 Å². The molecule has 0 aliphatic heterocycles. The van der Waals surface area contributed by atoms with Crippen molar-refractivity contribution >= 4 is 30.0 Å². The van der Waals surface area contributed by atoms with E-state index in [-0.39, 0.29) is 18.4 Å². The molecule has 0 saturated heterocycles. The third-order valence-corrected chi connectivity index (χ3v) is 3.40. The van der Waals surface area contributed by atoms with E-state index in [0.29, 0.717) is 5.02 Å². The van der Waals surface area contributed by atoms with Crippen LogP contribution in [0.3, 0.4) is 0 Å². The fourth-order valence-electron chi connectivity index (χ4n) is 1.79. The van der Waals surface area contributed by atoms with E-state index in [1.165, 1.54) is 7.11 Å². The third kappa shape index (κ3) is 3.16. The standard InChI is InChI=1S/C13H18ClNO2.ClH/c1-8-6-5-7-9(14)10(8)11(15)13(2,3)12(16)17-4;/h5-7,11H,15H2,1-4H3;1H/t11-;/m1./s1. The van der Waals surface area contributed by atoms with Gasteiger partial charge in [-0.05, 0) is 38.0 Å². The number of hydrogen-bond donors (Lipinski definition) is 1. The van der Waals surface area contributed by atoms with Crippen LogP contribution in [-0.4, -0.2) is 13.1 Å². The Morgan fingerprint density at radius 1 is 1.44 bits per heavy atom. The first-order valence-electron chi connectivity index (χ1n) is 5.41. The number of carbonyl (C=O) groups is 1. The van der Waals surface area contributed by atoms with Gasteiger partial charge in [0, 0.05) is 11.1 Å². The maximum absolute atomic E-state index is 11.7. The van der Waals surface area contributed by atoms with Gasteiger partial charge in [0.25, 0.3) is 0 Å². The molecule has 1 rings (SSSR count). The summed E-state index contributed by atoms with van der Waals surface area (Å²) in [7, 11) is 1.36. The summed E-state index contributed by atoms with van der Waals surface area (Å²) in [6.45, 7) is 5.44. The maximum atomic E-state index is 11.7. The van der Waals surface area contributed by atoms with Crippen molar-refractivity contribution in [2.24, 2.45) is 11.1 Å². The Morgan fingerprint density at radius 2 is 2.00 bits per heavy atom. The van der Waals surface area contributed by atoms with Gasteiger partial charge in [-0.25, -0.2) is 0 Å². The molecule has 0 unspecified atom stereocenters. The second-order valence-corrected chi connectivity index (χ2v) is 5.07. The van der Waals surface area contributed by atoms with Crippen molar-refractivity contribution in [3.05, 3.63) is 34.3 Å². The number of carbonyl (C=O) groups excluding carboxylic acids is 1. The summed E-state index contributed by atoms with van der Waals surface area (Å²) in [4.78, 5) is 11.7. The van der Waals surface area contributed by atoms with Gasteiger partial charge in [-0.2, -0.15) is 0 Å². The van der Waals surface area contributed by atoms with Crippen LogP contribution in [0.25, 0.3) is 0 Å². The topological polar surface area (TPSA) is 52.3 Å². The largest absolute Gasteiger partial charge is 0.469 e. The molecule has 0 bridgehead atoms. The molecule has 1 atom stereocenters. The van der Waals surface area contributed by atoms with E-state index >= 15 is 0 Å². The van der Waals surface area contributed by atoms with Crippen molar-refractivity contribution in [1.29, 1.82) is 0 Å². The second kappa shape index (κ2) is 6.41. The zero-order valence-corrected chi connectivity index (χ0v) is 12.6. The molecule has 18 heavy (non-hydrogen) atoms. The summed E-state index contributed by atoms with van der Waals surface area (Å²) >= 11 is 6.15. The van der Waals surface area contributed by atoms with Crippen LogP contribution in [0.1, 0.15) is 31.0 Å². The number of nitrogens with two attached hydrogens (primary N) is 1. The molecule has 102 valence electrons. The van der Waals surface area contributed by atoms with E-state index in [1.54, 1.807) is 19.9 Å². The summed E-state index contributed by atoms with van der Waals surface area (Å²) in [5.41, 5.74) is 7.12. The number of benzene rings is 1. The van der Waals surface area contributed by atoms with Gasteiger partial charge >= 0.3 is 5.97 Å². The van der Waals surface area contributed by atoms with Crippen LogP contribution in [0.5, 0.6) is 0 Å². The molecule has 1 aromatic carbocycles. The van der Waals surface area contributed by atoms with E-state index in [0.717, 1.165) is 11.1 Å². The van der Waals surface area contributed by atoms with Crippen LogP contribution in [0.15, 0.2) is 18.2 Å². The minimum atomic E-state index is -0.815. The van der Waals surface area contributed by atoms with Gasteiger partial charge in [0.05, 0.1) is 12.5 Å². The van der Waals surface area contributed by atoms with Gasteiger partial charge in [0.2, 0.25) is 0 Å². The van der Waals surface area contributed by atoms with Crippen LogP contribution in [0.4, 0.5) is 0 Å². The maximum Gasteiger partial charge on any atom is 0.313 e. The van der Waals surface area contributed by atoms with Crippen molar-refractivity contribution in [2.75, 3.05) is 7.11 Å². The number of ether oxygens (including phenoxy) is 1. The first kappa shape index (κ1) is 17.2. The number of methoxy groups -OCH3 is 1. The molecular formula is C13H19Cl2NO2. The molecule has 0 aliphatic rings. The molecule has 0 spiro atoms. The van der Waals surface area contributed by atoms with Crippen molar-refractivity contribution < 1.29 is 9.53 Å². The number of halogens is 2. The molecule has 0 heterocycles. The fourth-order valence-corrected chi connectivity index (χ4v) is 2.13. The number of rotatable bonds is 3. The lowest BCUT2D eigenvalue weighted by Gasteiger charge is -2.30. The highest BCUT2D eigenvalue weighted by Gasteiger charge is 2.38. The Kier molecular flexibility index (Phi) is 6.14. The van der Waals surface area contributed by atoms with Crippen molar-refractivity contribution in [2.45, 2.75) is 26.8 Å². The highest BCUT2D eigenvalue weighted by atomic mass is 35.5. The average molecular weight is 292 g/mol. The molecule has 0 saturated carbocycles. The van der Waals surface area contributed by atoms with Crippen LogP contribution < -0.4 is 5.73 Å². The molecule has 0 radical (unpaired) electrons. The normalized spacial score (nSPS) is 12.6. The number of aryl methyl sites for hydroxylation is 1. The van der Waals surface area contributed by atoms with Crippen molar-refractivity contribution in [3.63, 3.8) is 0 Å². The van der Waals surface area contributed by atoms with Gasteiger partial charge in [-0.15, -0.1) is 12.4 Å². The van der Waals surface area contributed by atoms with Gasteiger partial charge in [0.1, 0.15) is 0 Å². The van der Waals surface area contributed by atoms with E-state index in [4.69, 9.17) is 22.1 Å². The first-order valence-corrected chi connectivity index (χ1v) is 5.79. The summed E-state index contributed by atoms with van der Waals surface area (Å²) in [6, 6.07) is 5.06. The predicted molar refractivity (Wildman–Crippen MR) is 76.2 cm³/mol. The van der Waals surface area contributed by atoms with Gasteiger partial charge in [-0.1, -0.05) is 23.7 Å². The third-order valence-electron chi connectivity index (χ3n) is 3.07. The monoisotopic (exact) mass is 291 g/mol. The highest BCUT2D eigenvalue weighted by Crippen LogP contribution is 2.37. The van der Waals surface area contributed by atoms with E-state index in [2.05, 4.69) is 0 Å². The van der Waals surface area contributed by atoms with Crippen molar-refractivity contribution in [3.8, 4) is 0 Å². The molecule has 1 aromatic rings. The Bertz CT molecular complexity index is 413. The van der Waals surface area contributed by atoms with Crippen LogP contribution >= 0.6 is 24.0 Å². The summed E-state index contributed by atoms with van der Waals surface area (Å²) < 4.78 is 4.78. The zero-order valence-electron chi connectivity index (χ0n) is 11.0. The lowest BCUT2D eigenvalue weighted by atomic mass is 9.79. The summed E-state index contributed by atoms with van der Waals surface area (Å²) in [6.07, 6.45) is 0. The predicted octanol–water partition coefficient (Wildman–Crippen LogP) is 3.27. The Labute approximate surface area is 119 Å².